The van der Waals surface area contributed by atoms with Crippen molar-refractivity contribution < 1.29 is 0 Å². The van der Waals surface area contributed by atoms with E-state index in [1.165, 1.54) is 45.2 Å². The molecule has 2 atom stereocenters. The van der Waals surface area contributed by atoms with Crippen LogP contribution in [0.1, 0.15) is 46.0 Å². The lowest BCUT2D eigenvalue weighted by Crippen LogP contribution is -2.51. The third kappa shape index (κ3) is 2.73. The van der Waals surface area contributed by atoms with Gasteiger partial charge in [0.25, 0.3) is 0 Å². The number of likely N-dealkylation sites (tertiary alicyclic amines) is 1. The molecule has 2 unspecified atom stereocenters. The van der Waals surface area contributed by atoms with Crippen molar-refractivity contribution in [2.45, 2.75) is 51.5 Å². The fourth-order valence-corrected chi connectivity index (χ4v) is 3.18. The van der Waals surface area contributed by atoms with E-state index in [1.54, 1.807) is 0 Å². The van der Waals surface area contributed by atoms with Gasteiger partial charge in [-0.15, -0.1) is 0 Å². The predicted molar refractivity (Wildman–Crippen MR) is 64.8 cm³/mol. The van der Waals surface area contributed by atoms with E-state index in [0.717, 1.165) is 18.4 Å². The summed E-state index contributed by atoms with van der Waals surface area (Å²) in [6.45, 7) is 8.44. The molecule has 0 amide bonds. The van der Waals surface area contributed by atoms with Crippen LogP contribution in [0, 0.1) is 11.8 Å². The van der Waals surface area contributed by atoms with Crippen molar-refractivity contribution in [3.63, 3.8) is 0 Å². The van der Waals surface area contributed by atoms with Gasteiger partial charge in [-0.2, -0.15) is 0 Å². The van der Waals surface area contributed by atoms with Crippen molar-refractivity contribution in [1.82, 2.24) is 4.90 Å². The van der Waals surface area contributed by atoms with Crippen LogP contribution in [0.15, 0.2) is 0 Å². The van der Waals surface area contributed by atoms with Crippen molar-refractivity contribution in [2.75, 3.05) is 19.6 Å². The highest BCUT2D eigenvalue weighted by Gasteiger charge is 2.33. The highest BCUT2D eigenvalue weighted by atomic mass is 15.2. The largest absolute Gasteiger partial charge is 0.324 e. The van der Waals surface area contributed by atoms with Gasteiger partial charge in [-0.3, -0.25) is 0 Å². The fourth-order valence-electron chi connectivity index (χ4n) is 3.18. The monoisotopic (exact) mass is 210 g/mol. The summed E-state index contributed by atoms with van der Waals surface area (Å²) in [6, 6.07) is 0. The number of hydrogen-bond acceptors (Lipinski definition) is 2. The van der Waals surface area contributed by atoms with Crippen molar-refractivity contribution in [3.8, 4) is 0 Å². The minimum Gasteiger partial charge on any atom is -0.324 e. The van der Waals surface area contributed by atoms with Crippen molar-refractivity contribution in [1.29, 1.82) is 0 Å². The molecule has 2 aliphatic rings. The molecular formula is C13H26N2. The number of rotatable bonds is 2. The molecule has 1 aliphatic carbocycles. The smallest absolute Gasteiger partial charge is 0.0283 e. The Morgan fingerprint density at radius 1 is 1.20 bits per heavy atom. The zero-order valence-electron chi connectivity index (χ0n) is 10.3. The summed E-state index contributed by atoms with van der Waals surface area (Å²) in [6.07, 6.45) is 6.53. The molecule has 2 heteroatoms. The van der Waals surface area contributed by atoms with E-state index >= 15 is 0 Å². The molecule has 0 bridgehead atoms. The van der Waals surface area contributed by atoms with Gasteiger partial charge in [0, 0.05) is 18.6 Å². The lowest BCUT2D eigenvalue weighted by Gasteiger charge is -2.39. The molecular weight excluding hydrogens is 184 g/mol. The van der Waals surface area contributed by atoms with Gasteiger partial charge in [-0.05, 0) is 37.6 Å². The van der Waals surface area contributed by atoms with Crippen LogP contribution in [0.25, 0.3) is 0 Å². The maximum atomic E-state index is 6.43. The standard InChI is InChI=1S/C13H26N2/c1-11-5-8-15(9-12(11)2)10-13(14)6-3-4-7-13/h11-12H,3-10,14H2,1-2H3. The summed E-state index contributed by atoms with van der Waals surface area (Å²) in [5, 5.41) is 0. The highest BCUT2D eigenvalue weighted by Crippen LogP contribution is 2.30. The molecule has 0 aromatic carbocycles. The maximum Gasteiger partial charge on any atom is 0.0283 e. The lowest BCUT2D eigenvalue weighted by atomic mass is 9.87. The van der Waals surface area contributed by atoms with E-state index in [1.807, 2.05) is 0 Å². The second-order valence-corrected chi connectivity index (χ2v) is 6.05. The first-order chi connectivity index (χ1) is 7.09. The van der Waals surface area contributed by atoms with Gasteiger partial charge in [0.15, 0.2) is 0 Å². The fraction of sp³-hybridized carbons (Fsp3) is 1.00. The van der Waals surface area contributed by atoms with E-state index in [4.69, 9.17) is 5.73 Å². The molecule has 0 aromatic heterocycles. The van der Waals surface area contributed by atoms with Gasteiger partial charge >= 0.3 is 0 Å². The number of hydrogen-bond donors (Lipinski definition) is 1. The summed E-state index contributed by atoms with van der Waals surface area (Å²) >= 11 is 0. The molecule has 88 valence electrons. The molecule has 2 fully saturated rings. The first-order valence-electron chi connectivity index (χ1n) is 6.60. The van der Waals surface area contributed by atoms with Gasteiger partial charge in [-0.1, -0.05) is 26.7 Å². The number of piperidine rings is 1. The Hall–Kier alpha value is -0.0800. The lowest BCUT2D eigenvalue weighted by molar-refractivity contribution is 0.112. The summed E-state index contributed by atoms with van der Waals surface area (Å²) in [5.74, 6) is 1.75. The molecule has 2 N–H and O–H groups in total. The number of nitrogens with zero attached hydrogens (tertiary/aromatic N) is 1. The molecule has 0 radical (unpaired) electrons. The average molecular weight is 210 g/mol. The summed E-state index contributed by atoms with van der Waals surface area (Å²) in [5.41, 5.74) is 6.58. The van der Waals surface area contributed by atoms with Crippen LogP contribution in [0.3, 0.4) is 0 Å². The van der Waals surface area contributed by atoms with Crippen molar-refractivity contribution >= 4 is 0 Å². The molecule has 15 heavy (non-hydrogen) atoms. The van der Waals surface area contributed by atoms with Gasteiger partial charge < -0.3 is 10.6 Å². The van der Waals surface area contributed by atoms with Crippen LogP contribution in [-0.2, 0) is 0 Å². The quantitative estimate of drug-likeness (QED) is 0.757. The van der Waals surface area contributed by atoms with Crippen LogP contribution in [-0.4, -0.2) is 30.1 Å². The Labute approximate surface area is 94.2 Å². The van der Waals surface area contributed by atoms with E-state index in [9.17, 15) is 0 Å². The van der Waals surface area contributed by atoms with E-state index < -0.39 is 0 Å². The van der Waals surface area contributed by atoms with E-state index in [2.05, 4.69) is 18.7 Å². The molecule has 1 heterocycles. The average Bonchev–Trinajstić information content (AvgIpc) is 2.59. The number of nitrogens with two attached hydrogens (primary N) is 1. The van der Waals surface area contributed by atoms with Crippen LogP contribution in [0.5, 0.6) is 0 Å². The van der Waals surface area contributed by atoms with Crippen LogP contribution < -0.4 is 5.73 Å². The SMILES string of the molecule is CC1CCN(CC2(N)CCCC2)CC1C. The zero-order valence-corrected chi connectivity index (χ0v) is 10.3. The molecule has 0 spiro atoms. The Balaban J connectivity index is 1.84. The molecule has 1 aliphatic heterocycles. The van der Waals surface area contributed by atoms with Crippen LogP contribution >= 0.6 is 0 Å². The molecule has 0 aromatic rings. The molecule has 1 saturated carbocycles. The highest BCUT2D eigenvalue weighted by molar-refractivity contribution is 4.93. The van der Waals surface area contributed by atoms with Crippen LogP contribution in [0.2, 0.25) is 0 Å². The summed E-state index contributed by atoms with van der Waals surface area (Å²) in [4.78, 5) is 2.61. The third-order valence-electron chi connectivity index (χ3n) is 4.56. The first-order valence-corrected chi connectivity index (χ1v) is 6.60. The Kier molecular flexibility index (Phi) is 3.36. The maximum absolute atomic E-state index is 6.43. The minimum absolute atomic E-state index is 0.153. The first kappa shape index (κ1) is 11.4. The molecule has 1 saturated heterocycles. The third-order valence-corrected chi connectivity index (χ3v) is 4.56. The normalized spacial score (nSPS) is 37.0. The topological polar surface area (TPSA) is 29.3 Å². The second kappa shape index (κ2) is 4.42. The van der Waals surface area contributed by atoms with E-state index in [-0.39, 0.29) is 5.54 Å². The minimum atomic E-state index is 0.153. The molecule has 2 nitrogen and oxygen atoms in total. The van der Waals surface area contributed by atoms with Crippen molar-refractivity contribution in [3.05, 3.63) is 0 Å². The summed E-state index contributed by atoms with van der Waals surface area (Å²) in [7, 11) is 0. The predicted octanol–water partition coefficient (Wildman–Crippen LogP) is 2.24. The Morgan fingerprint density at radius 2 is 1.87 bits per heavy atom. The van der Waals surface area contributed by atoms with Gasteiger partial charge in [-0.25, -0.2) is 0 Å². The van der Waals surface area contributed by atoms with E-state index in [0.29, 0.717) is 0 Å². The Morgan fingerprint density at radius 3 is 2.47 bits per heavy atom. The zero-order chi connectivity index (χ0) is 10.9. The second-order valence-electron chi connectivity index (χ2n) is 6.05. The molecule has 2 rings (SSSR count). The van der Waals surface area contributed by atoms with Crippen LogP contribution in [0.4, 0.5) is 0 Å². The Bertz CT molecular complexity index is 209. The van der Waals surface area contributed by atoms with Crippen molar-refractivity contribution in [2.24, 2.45) is 17.6 Å². The summed E-state index contributed by atoms with van der Waals surface area (Å²) < 4.78 is 0. The van der Waals surface area contributed by atoms with Gasteiger partial charge in [0.1, 0.15) is 0 Å². The van der Waals surface area contributed by atoms with Gasteiger partial charge in [0.05, 0.1) is 0 Å². The van der Waals surface area contributed by atoms with Gasteiger partial charge in [0.2, 0.25) is 0 Å².